The highest BCUT2D eigenvalue weighted by Gasteiger charge is 2.32. The maximum Gasteiger partial charge on any atom is 0.335 e. The van der Waals surface area contributed by atoms with Crippen LogP contribution in [0, 0.1) is 0 Å². The van der Waals surface area contributed by atoms with E-state index in [1.807, 2.05) is 42.5 Å². The molecule has 0 aliphatic carbocycles. The third-order valence-electron chi connectivity index (χ3n) is 7.45. The van der Waals surface area contributed by atoms with Gasteiger partial charge in [-0.3, -0.25) is 9.71 Å². The van der Waals surface area contributed by atoms with Crippen LogP contribution in [0.5, 0.6) is 0 Å². The number of fused-ring (bicyclic) bond motifs is 1. The zero-order valence-electron chi connectivity index (χ0n) is 23.9. The number of hydrogen-bond donors (Lipinski definition) is 3. The van der Waals surface area contributed by atoms with Gasteiger partial charge in [0.25, 0.3) is 10.0 Å². The summed E-state index contributed by atoms with van der Waals surface area (Å²) in [7, 11) is -3.96. The number of nitrogens with zero attached hydrogens (tertiary/aromatic N) is 1. The van der Waals surface area contributed by atoms with E-state index in [-0.39, 0.29) is 29.3 Å². The molecule has 3 atom stereocenters. The van der Waals surface area contributed by atoms with Crippen LogP contribution in [0.3, 0.4) is 0 Å². The van der Waals surface area contributed by atoms with Gasteiger partial charge in [0, 0.05) is 39.9 Å². The van der Waals surface area contributed by atoms with Crippen LogP contribution in [0.2, 0.25) is 0 Å². The maximum atomic E-state index is 13.5. The van der Waals surface area contributed by atoms with Crippen molar-refractivity contribution in [2.24, 2.45) is 0 Å². The molecular formula is C34H30N2O7S2. The van der Waals surface area contributed by atoms with Crippen molar-refractivity contribution in [2.45, 2.75) is 41.3 Å². The van der Waals surface area contributed by atoms with E-state index in [4.69, 9.17) is 9.47 Å². The molecule has 9 nitrogen and oxygen atoms in total. The molecule has 0 spiro atoms. The number of ether oxygens (including phenoxy) is 2. The number of aromatic carboxylic acids is 1. The van der Waals surface area contributed by atoms with Crippen LogP contribution in [0.1, 0.15) is 45.9 Å². The van der Waals surface area contributed by atoms with Crippen LogP contribution >= 0.6 is 11.8 Å². The van der Waals surface area contributed by atoms with Crippen molar-refractivity contribution in [1.29, 1.82) is 0 Å². The molecule has 3 N–H and O–H groups in total. The third-order valence-corrected chi connectivity index (χ3v) is 10.0. The standard InChI is InChI=1S/C34H30N2O7S2/c37-20-22-9-11-23(12-10-22)30-19-28(21-44-29-15-13-25(14-16-29)33(38)39)42-34(43-30)26-5-1-7-27(18-26)36-45(40,41)31-8-2-4-24-6-3-17-35-32(24)31/h1-18,28,30,34,36-37H,19-21H2,(H,38,39). The number of carbonyl (C=O) groups is 1. The predicted molar refractivity (Wildman–Crippen MR) is 172 cm³/mol. The van der Waals surface area contributed by atoms with Gasteiger partial charge in [-0.25, -0.2) is 13.2 Å². The maximum absolute atomic E-state index is 13.5. The van der Waals surface area contributed by atoms with E-state index in [9.17, 15) is 23.4 Å². The van der Waals surface area contributed by atoms with Gasteiger partial charge in [0.1, 0.15) is 4.90 Å². The monoisotopic (exact) mass is 642 g/mol. The number of aliphatic hydroxyl groups excluding tert-OH is 1. The van der Waals surface area contributed by atoms with Gasteiger partial charge in [0.15, 0.2) is 6.29 Å². The minimum atomic E-state index is -3.96. The Labute approximate surface area is 264 Å². The first kappa shape index (κ1) is 30.8. The molecular weight excluding hydrogens is 613 g/mol. The van der Waals surface area contributed by atoms with Crippen LogP contribution in [0.15, 0.2) is 119 Å². The molecule has 0 bridgehead atoms. The lowest BCUT2D eigenvalue weighted by Crippen LogP contribution is -2.31. The van der Waals surface area contributed by atoms with E-state index in [1.165, 1.54) is 6.07 Å². The minimum absolute atomic E-state index is 0.0605. The summed E-state index contributed by atoms with van der Waals surface area (Å²) in [5, 5.41) is 19.4. The van der Waals surface area contributed by atoms with Crippen molar-refractivity contribution in [3.8, 4) is 0 Å². The van der Waals surface area contributed by atoms with Crippen molar-refractivity contribution in [3.63, 3.8) is 0 Å². The number of hydrogen-bond acceptors (Lipinski definition) is 8. The highest BCUT2D eigenvalue weighted by atomic mass is 32.2. The van der Waals surface area contributed by atoms with Crippen molar-refractivity contribution in [2.75, 3.05) is 10.5 Å². The number of thioether (sulfide) groups is 1. The van der Waals surface area contributed by atoms with Gasteiger partial charge in [0.05, 0.1) is 29.9 Å². The number of carboxylic acids is 1. The summed E-state index contributed by atoms with van der Waals surface area (Å²) in [6, 6.07) is 29.8. The molecule has 6 rings (SSSR count). The van der Waals surface area contributed by atoms with Gasteiger partial charge in [-0.1, -0.05) is 54.6 Å². The second-order valence-electron chi connectivity index (χ2n) is 10.6. The molecule has 4 aromatic carbocycles. The summed E-state index contributed by atoms with van der Waals surface area (Å²) >= 11 is 1.55. The fraction of sp³-hybridized carbons (Fsp3) is 0.176. The second kappa shape index (κ2) is 13.4. The fourth-order valence-corrected chi connectivity index (χ4v) is 7.31. The van der Waals surface area contributed by atoms with Crippen molar-refractivity contribution in [3.05, 3.63) is 132 Å². The summed E-state index contributed by atoms with van der Waals surface area (Å²) in [4.78, 5) is 16.5. The number of nitrogens with one attached hydrogen (secondary N) is 1. The molecule has 230 valence electrons. The number of aliphatic hydroxyl groups is 1. The average molecular weight is 643 g/mol. The molecule has 0 radical (unpaired) electrons. The van der Waals surface area contributed by atoms with E-state index in [2.05, 4.69) is 9.71 Å². The Bertz CT molecular complexity index is 1910. The lowest BCUT2D eigenvalue weighted by Gasteiger charge is -2.36. The van der Waals surface area contributed by atoms with Crippen LogP contribution in [0.25, 0.3) is 10.9 Å². The first-order chi connectivity index (χ1) is 21.8. The predicted octanol–water partition coefficient (Wildman–Crippen LogP) is 6.56. The number of rotatable bonds is 10. The molecule has 45 heavy (non-hydrogen) atoms. The van der Waals surface area contributed by atoms with Gasteiger partial charge in [-0.15, -0.1) is 11.8 Å². The lowest BCUT2D eigenvalue weighted by atomic mass is 10.0. The summed E-state index contributed by atoms with van der Waals surface area (Å²) < 4.78 is 42.4. The largest absolute Gasteiger partial charge is 0.478 e. The highest BCUT2D eigenvalue weighted by molar-refractivity contribution is 7.99. The number of pyridine rings is 1. The van der Waals surface area contributed by atoms with Crippen molar-refractivity contribution < 1.29 is 32.9 Å². The average Bonchev–Trinajstić information content (AvgIpc) is 3.07. The molecule has 5 aromatic rings. The zero-order valence-corrected chi connectivity index (χ0v) is 25.6. The zero-order chi connectivity index (χ0) is 31.4. The van der Waals surface area contributed by atoms with E-state index in [0.29, 0.717) is 28.9 Å². The molecule has 0 saturated carbocycles. The second-order valence-corrected chi connectivity index (χ2v) is 13.3. The molecule has 2 heterocycles. The van der Waals surface area contributed by atoms with Crippen molar-refractivity contribution >= 4 is 44.3 Å². The molecule has 1 aromatic heterocycles. The topological polar surface area (TPSA) is 135 Å². The first-order valence-electron chi connectivity index (χ1n) is 14.2. The van der Waals surface area contributed by atoms with E-state index < -0.39 is 22.3 Å². The Balaban J connectivity index is 1.24. The van der Waals surface area contributed by atoms with Gasteiger partial charge < -0.3 is 19.7 Å². The van der Waals surface area contributed by atoms with Crippen LogP contribution in [-0.2, 0) is 26.1 Å². The number of sulfonamides is 1. The minimum Gasteiger partial charge on any atom is -0.478 e. The molecule has 11 heteroatoms. The van der Waals surface area contributed by atoms with E-state index in [1.54, 1.807) is 72.6 Å². The Morgan fingerprint density at radius 1 is 0.911 bits per heavy atom. The normalized spacial score (nSPS) is 18.5. The third kappa shape index (κ3) is 7.19. The van der Waals surface area contributed by atoms with E-state index >= 15 is 0 Å². The Hall–Kier alpha value is -4.26. The molecule has 1 fully saturated rings. The number of carboxylic acid groups (broad SMARTS) is 1. The lowest BCUT2D eigenvalue weighted by molar-refractivity contribution is -0.245. The van der Waals surface area contributed by atoms with Crippen LogP contribution in [-0.4, -0.2) is 41.4 Å². The quantitative estimate of drug-likeness (QED) is 0.145. The van der Waals surface area contributed by atoms with Crippen LogP contribution < -0.4 is 4.72 Å². The van der Waals surface area contributed by atoms with Crippen molar-refractivity contribution in [1.82, 2.24) is 4.98 Å². The highest BCUT2D eigenvalue weighted by Crippen LogP contribution is 2.40. The fourth-order valence-electron chi connectivity index (χ4n) is 5.16. The van der Waals surface area contributed by atoms with Gasteiger partial charge in [-0.05, 0) is 59.7 Å². The van der Waals surface area contributed by atoms with Crippen LogP contribution in [0.4, 0.5) is 5.69 Å². The molecule has 0 amide bonds. The molecule has 1 aliphatic heterocycles. The number of aromatic nitrogens is 1. The number of anilines is 1. The van der Waals surface area contributed by atoms with E-state index in [0.717, 1.165) is 21.4 Å². The number of benzene rings is 4. The smallest absolute Gasteiger partial charge is 0.335 e. The van der Waals surface area contributed by atoms with Gasteiger partial charge in [-0.2, -0.15) is 0 Å². The van der Waals surface area contributed by atoms with Gasteiger partial charge in [0.2, 0.25) is 0 Å². The van der Waals surface area contributed by atoms with Gasteiger partial charge >= 0.3 is 5.97 Å². The Kier molecular flexibility index (Phi) is 9.15. The summed E-state index contributed by atoms with van der Waals surface area (Å²) in [5.41, 5.74) is 3.33. The molecule has 1 aliphatic rings. The summed E-state index contributed by atoms with van der Waals surface area (Å²) in [5.74, 6) is -0.395. The first-order valence-corrected chi connectivity index (χ1v) is 16.7. The molecule has 1 saturated heterocycles. The summed E-state index contributed by atoms with van der Waals surface area (Å²) in [6.07, 6.45) is 0.782. The molecule has 3 unspecified atom stereocenters. The Morgan fingerprint density at radius 2 is 1.67 bits per heavy atom. The summed E-state index contributed by atoms with van der Waals surface area (Å²) in [6.45, 7) is -0.0605. The SMILES string of the molecule is O=C(O)c1ccc(SCC2CC(c3ccc(CO)cc3)OC(c3cccc(NS(=O)(=O)c4cccc5cccnc45)c3)O2)cc1. The number of para-hydroxylation sites is 1. The Morgan fingerprint density at radius 3 is 2.42 bits per heavy atom.